The number of hydrogen-bond acceptors (Lipinski definition) is 9. The van der Waals surface area contributed by atoms with E-state index in [0.29, 0.717) is 30.1 Å². The Balaban J connectivity index is 1.65. The summed E-state index contributed by atoms with van der Waals surface area (Å²) in [7, 11) is -1.92. The Hall–Kier alpha value is -4.65. The number of nitrogens with one attached hydrogen (secondary N) is 2. The molecule has 0 spiro atoms. The fourth-order valence-corrected chi connectivity index (χ4v) is 4.17. The number of anilines is 3. The van der Waals surface area contributed by atoms with E-state index in [4.69, 9.17) is 9.69 Å². The largest absolute Gasteiger partial charge is 0.415 e. The number of aromatic nitrogens is 3. The molecule has 2 amide bonds. The summed E-state index contributed by atoms with van der Waals surface area (Å²) in [6, 6.07) is 11.7. The summed E-state index contributed by atoms with van der Waals surface area (Å²) in [5.74, 6) is -1.11. The maximum Gasteiger partial charge on any atom is 0.277 e. The van der Waals surface area contributed by atoms with Crippen LogP contribution in [-0.4, -0.2) is 48.2 Å². The quantitative estimate of drug-likeness (QED) is 0.225. The summed E-state index contributed by atoms with van der Waals surface area (Å²) in [5, 5.41) is 23.8. The monoisotopic (exact) mass is 542 g/mol. The van der Waals surface area contributed by atoms with E-state index in [9.17, 15) is 14.9 Å². The van der Waals surface area contributed by atoms with Crippen LogP contribution in [0.4, 0.5) is 17.2 Å². The molecular formula is C27H30N8O3Si. The molecule has 39 heavy (non-hydrogen) atoms. The van der Waals surface area contributed by atoms with E-state index >= 15 is 0 Å². The first kappa shape index (κ1) is 28.9. The topological polar surface area (TPSA) is 157 Å². The van der Waals surface area contributed by atoms with E-state index in [1.54, 1.807) is 24.3 Å². The van der Waals surface area contributed by atoms with E-state index in [1.807, 2.05) is 6.07 Å². The molecule has 2 heterocycles. The highest BCUT2D eigenvalue weighted by Gasteiger charge is 2.37. The summed E-state index contributed by atoms with van der Waals surface area (Å²) in [5.41, 5.74) is 1.09. The van der Waals surface area contributed by atoms with Crippen molar-refractivity contribution in [1.82, 2.24) is 15.0 Å². The van der Waals surface area contributed by atoms with E-state index in [2.05, 4.69) is 65.6 Å². The van der Waals surface area contributed by atoms with Gasteiger partial charge in [-0.05, 0) is 54.5 Å². The molecule has 0 saturated heterocycles. The molecule has 1 aromatic carbocycles. The number of benzene rings is 1. The van der Waals surface area contributed by atoms with Gasteiger partial charge in [0.25, 0.3) is 11.8 Å². The van der Waals surface area contributed by atoms with Gasteiger partial charge >= 0.3 is 0 Å². The average Bonchev–Trinajstić information content (AvgIpc) is 2.91. The third-order valence-corrected chi connectivity index (χ3v) is 10.9. The number of carbonyl (C=O) groups is 2. The molecule has 0 aliphatic rings. The highest BCUT2D eigenvalue weighted by molar-refractivity contribution is 6.74. The number of carbonyl (C=O) groups excluding carboxylic acids is 2. The van der Waals surface area contributed by atoms with Crippen molar-refractivity contribution < 1.29 is 14.0 Å². The molecule has 0 atom stereocenters. The Bertz CT molecular complexity index is 1410. The van der Waals surface area contributed by atoms with Gasteiger partial charge in [0.15, 0.2) is 25.9 Å². The molecular weight excluding hydrogens is 512 g/mol. The summed E-state index contributed by atoms with van der Waals surface area (Å²) >= 11 is 0. The van der Waals surface area contributed by atoms with Gasteiger partial charge in [-0.3, -0.25) is 14.5 Å². The van der Waals surface area contributed by atoms with Crippen molar-refractivity contribution >= 4 is 37.3 Å². The Morgan fingerprint density at radius 1 is 0.949 bits per heavy atom. The molecule has 0 aliphatic heterocycles. The smallest absolute Gasteiger partial charge is 0.277 e. The second-order valence-corrected chi connectivity index (χ2v) is 14.9. The lowest BCUT2D eigenvalue weighted by molar-refractivity contribution is 0.0982. The zero-order valence-electron chi connectivity index (χ0n) is 22.5. The number of pyridine rings is 1. The summed E-state index contributed by atoms with van der Waals surface area (Å²) < 4.78 is 6.18. The number of nitriles is 2. The summed E-state index contributed by atoms with van der Waals surface area (Å²) in [6.45, 7) is 11.7. The van der Waals surface area contributed by atoms with Crippen LogP contribution in [0.5, 0.6) is 0 Å². The van der Waals surface area contributed by atoms with Gasteiger partial charge in [-0.1, -0.05) is 20.8 Å². The van der Waals surface area contributed by atoms with Crippen molar-refractivity contribution in [3.8, 4) is 12.3 Å². The first-order valence-corrected chi connectivity index (χ1v) is 15.1. The SMILES string of the molecule is CC(C)(C)[Si](C)(C)OCCN(C#N)c1ccc(NC(=O)c2nccnc2C(=O)Nc2ccc(C#N)cn2)cc1. The van der Waals surface area contributed by atoms with Crippen molar-refractivity contribution in [2.75, 3.05) is 28.7 Å². The predicted molar refractivity (Wildman–Crippen MR) is 149 cm³/mol. The minimum absolute atomic E-state index is 0.0779. The van der Waals surface area contributed by atoms with Crippen LogP contribution < -0.4 is 15.5 Å². The van der Waals surface area contributed by atoms with Crippen molar-refractivity contribution in [3.63, 3.8) is 0 Å². The maximum atomic E-state index is 12.9. The molecule has 0 fully saturated rings. The molecule has 0 aliphatic carbocycles. The van der Waals surface area contributed by atoms with Gasteiger partial charge in [-0.2, -0.15) is 10.5 Å². The Morgan fingerprint density at radius 3 is 2.08 bits per heavy atom. The van der Waals surface area contributed by atoms with Crippen LogP contribution in [0.1, 0.15) is 47.3 Å². The van der Waals surface area contributed by atoms with Gasteiger partial charge < -0.3 is 15.1 Å². The van der Waals surface area contributed by atoms with Crippen molar-refractivity contribution in [3.05, 3.63) is 71.9 Å². The molecule has 0 unspecified atom stereocenters. The molecule has 11 nitrogen and oxygen atoms in total. The fraction of sp³-hybridized carbons (Fsp3) is 0.296. The van der Waals surface area contributed by atoms with Gasteiger partial charge in [-0.15, -0.1) is 0 Å². The molecule has 0 saturated carbocycles. The van der Waals surface area contributed by atoms with Gasteiger partial charge in [0.1, 0.15) is 11.9 Å². The van der Waals surface area contributed by atoms with E-state index < -0.39 is 20.1 Å². The maximum absolute atomic E-state index is 12.9. The zero-order chi connectivity index (χ0) is 28.6. The van der Waals surface area contributed by atoms with E-state index in [-0.39, 0.29) is 22.2 Å². The van der Waals surface area contributed by atoms with E-state index in [0.717, 1.165) is 0 Å². The molecule has 0 radical (unpaired) electrons. The minimum atomic E-state index is -1.92. The van der Waals surface area contributed by atoms with Crippen molar-refractivity contribution in [2.45, 2.75) is 38.9 Å². The number of hydrogen-bond donors (Lipinski definition) is 2. The lowest BCUT2D eigenvalue weighted by Crippen LogP contribution is -2.42. The molecule has 3 rings (SSSR count). The third-order valence-electron chi connectivity index (χ3n) is 6.40. The Morgan fingerprint density at radius 2 is 1.56 bits per heavy atom. The number of rotatable bonds is 9. The first-order valence-electron chi connectivity index (χ1n) is 12.2. The zero-order valence-corrected chi connectivity index (χ0v) is 23.5. The molecule has 3 aromatic rings. The van der Waals surface area contributed by atoms with Gasteiger partial charge in [0.05, 0.1) is 24.4 Å². The molecule has 12 heteroatoms. The number of amides is 2. The van der Waals surface area contributed by atoms with Crippen LogP contribution >= 0.6 is 0 Å². The molecule has 200 valence electrons. The van der Waals surface area contributed by atoms with Gasteiger partial charge in [0.2, 0.25) is 0 Å². The lowest BCUT2D eigenvalue weighted by Gasteiger charge is -2.36. The highest BCUT2D eigenvalue weighted by Crippen LogP contribution is 2.36. The van der Waals surface area contributed by atoms with Crippen LogP contribution in [0.15, 0.2) is 55.0 Å². The van der Waals surface area contributed by atoms with Crippen LogP contribution in [0.2, 0.25) is 18.1 Å². The van der Waals surface area contributed by atoms with Crippen molar-refractivity contribution in [1.29, 1.82) is 10.5 Å². The van der Waals surface area contributed by atoms with Crippen LogP contribution in [-0.2, 0) is 4.43 Å². The molecule has 2 aromatic heterocycles. The molecule has 0 bridgehead atoms. The number of nitrogens with zero attached hydrogens (tertiary/aromatic N) is 6. The van der Waals surface area contributed by atoms with Crippen LogP contribution in [0.3, 0.4) is 0 Å². The third kappa shape index (κ3) is 7.44. The van der Waals surface area contributed by atoms with Gasteiger partial charge in [0, 0.05) is 24.3 Å². The Kier molecular flexibility index (Phi) is 9.09. The normalized spacial score (nSPS) is 11.2. The van der Waals surface area contributed by atoms with Crippen LogP contribution in [0, 0.1) is 22.8 Å². The average molecular weight is 543 g/mol. The fourth-order valence-electron chi connectivity index (χ4n) is 3.14. The Labute approximate surface area is 228 Å². The standard InChI is InChI=1S/C27H30N8O3Si/c1-27(2,3)39(4,5)38-15-14-35(18-29)21-9-7-20(8-10-21)33-25(36)23-24(31-13-12-30-23)26(37)34-22-11-6-19(16-28)17-32-22/h6-13,17H,14-15H2,1-5H3,(H,33,36)(H,32,34,37). The second kappa shape index (κ2) is 12.3. The second-order valence-electron chi connectivity index (χ2n) is 10.1. The molecule has 2 N–H and O–H groups in total. The van der Waals surface area contributed by atoms with Crippen LogP contribution in [0.25, 0.3) is 0 Å². The van der Waals surface area contributed by atoms with Gasteiger partial charge in [-0.25, -0.2) is 15.0 Å². The highest BCUT2D eigenvalue weighted by atomic mass is 28.4. The summed E-state index contributed by atoms with van der Waals surface area (Å²) in [6.07, 6.45) is 6.11. The predicted octanol–water partition coefficient (Wildman–Crippen LogP) is 4.56. The first-order chi connectivity index (χ1) is 18.4. The van der Waals surface area contributed by atoms with Crippen molar-refractivity contribution in [2.24, 2.45) is 0 Å². The van der Waals surface area contributed by atoms with E-state index in [1.165, 1.54) is 35.6 Å². The lowest BCUT2D eigenvalue weighted by atomic mass is 10.2. The summed E-state index contributed by atoms with van der Waals surface area (Å²) in [4.78, 5) is 39.3. The minimum Gasteiger partial charge on any atom is -0.415 e.